The number of aliphatic hydroxyl groups excluding tert-OH is 1. The number of carbonyl (C=O) groups is 3. The van der Waals surface area contributed by atoms with Gasteiger partial charge in [-0.1, -0.05) is 30.3 Å². The van der Waals surface area contributed by atoms with E-state index in [-0.39, 0.29) is 29.8 Å². The van der Waals surface area contributed by atoms with Crippen molar-refractivity contribution in [2.45, 2.75) is 32.4 Å². The highest BCUT2D eigenvalue weighted by Crippen LogP contribution is 2.42. The Morgan fingerprint density at radius 3 is 2.47 bits per heavy atom. The van der Waals surface area contributed by atoms with Gasteiger partial charge in [-0.15, -0.1) is 0 Å². The summed E-state index contributed by atoms with van der Waals surface area (Å²) in [5.41, 5.74) is 2.00. The molecule has 2 aromatic carbocycles. The average molecular weight is 487 g/mol. The van der Waals surface area contributed by atoms with Crippen molar-refractivity contribution in [3.05, 3.63) is 95.3 Å². The highest BCUT2D eigenvalue weighted by molar-refractivity contribution is 6.51. The largest absolute Gasteiger partial charge is 0.507 e. The molecule has 3 aromatic rings. The van der Waals surface area contributed by atoms with Gasteiger partial charge < -0.3 is 14.6 Å². The standard InChI is InChI=1S/C28H26N2O6/c1-17(2)36-23(31)14-18-9-11-21(12-10-18)30-25(20-7-5-13-29-16-20)24(27(33)28(30)34)26(32)19-6-4-8-22(15-19)35-3/h4-13,15-17,25,32H,14H2,1-3H3/b26-24-. The second kappa shape index (κ2) is 10.4. The van der Waals surface area contributed by atoms with Crippen LogP contribution in [0.1, 0.15) is 36.6 Å². The molecule has 4 rings (SSSR count). The highest BCUT2D eigenvalue weighted by atomic mass is 16.5. The molecule has 36 heavy (non-hydrogen) atoms. The zero-order chi connectivity index (χ0) is 25.8. The highest BCUT2D eigenvalue weighted by Gasteiger charge is 2.47. The number of esters is 1. The Morgan fingerprint density at radius 2 is 1.83 bits per heavy atom. The number of rotatable bonds is 7. The first kappa shape index (κ1) is 24.7. The number of Topliss-reactive ketones (excluding diaryl/α,β-unsaturated/α-hetero) is 1. The van der Waals surface area contributed by atoms with Crippen LogP contribution in [0.4, 0.5) is 5.69 Å². The molecule has 1 aliphatic heterocycles. The van der Waals surface area contributed by atoms with Gasteiger partial charge in [-0.3, -0.25) is 24.3 Å². The SMILES string of the molecule is COc1cccc(/C(O)=C2/C(=O)C(=O)N(c3ccc(CC(=O)OC(C)C)cc3)C2c2cccnc2)c1. The number of nitrogens with zero attached hydrogens (tertiary/aromatic N) is 2. The Morgan fingerprint density at radius 1 is 1.08 bits per heavy atom. The Hall–Kier alpha value is -4.46. The van der Waals surface area contributed by atoms with Crippen LogP contribution in [-0.2, 0) is 25.5 Å². The first-order chi connectivity index (χ1) is 17.3. The molecule has 1 atom stereocenters. The predicted molar refractivity (Wildman–Crippen MR) is 133 cm³/mol. The lowest BCUT2D eigenvalue weighted by Gasteiger charge is -2.25. The van der Waals surface area contributed by atoms with E-state index in [1.165, 1.54) is 12.0 Å². The minimum atomic E-state index is -0.901. The summed E-state index contributed by atoms with van der Waals surface area (Å²) in [5, 5.41) is 11.2. The topological polar surface area (TPSA) is 106 Å². The summed E-state index contributed by atoms with van der Waals surface area (Å²) in [5.74, 6) is -1.75. The van der Waals surface area contributed by atoms with E-state index in [9.17, 15) is 19.5 Å². The van der Waals surface area contributed by atoms with Gasteiger partial charge in [0.2, 0.25) is 0 Å². The molecule has 1 amide bonds. The molecular weight excluding hydrogens is 460 g/mol. The normalized spacial score (nSPS) is 16.9. The van der Waals surface area contributed by atoms with Gasteiger partial charge in [-0.2, -0.15) is 0 Å². The van der Waals surface area contributed by atoms with Gasteiger partial charge in [0, 0.05) is 23.6 Å². The summed E-state index contributed by atoms with van der Waals surface area (Å²) in [6.45, 7) is 3.56. The lowest BCUT2D eigenvalue weighted by molar-refractivity contribution is -0.146. The Kier molecular flexibility index (Phi) is 7.15. The maximum atomic E-state index is 13.3. The molecule has 0 radical (unpaired) electrons. The van der Waals surface area contributed by atoms with Gasteiger partial charge in [-0.25, -0.2) is 0 Å². The first-order valence-corrected chi connectivity index (χ1v) is 11.4. The summed E-state index contributed by atoms with van der Waals surface area (Å²) in [6.07, 6.45) is 3.01. The second-order valence-corrected chi connectivity index (χ2v) is 8.57. The fraction of sp³-hybridized carbons (Fsp3) is 0.214. The van der Waals surface area contributed by atoms with Crippen LogP contribution in [0.3, 0.4) is 0 Å². The summed E-state index contributed by atoms with van der Waals surface area (Å²) < 4.78 is 10.4. The number of methoxy groups -OCH3 is 1. The van der Waals surface area contributed by atoms with Crippen LogP contribution in [0.2, 0.25) is 0 Å². The summed E-state index contributed by atoms with van der Waals surface area (Å²) >= 11 is 0. The van der Waals surface area contributed by atoms with Gasteiger partial charge in [-0.05, 0) is 55.3 Å². The van der Waals surface area contributed by atoms with E-state index in [2.05, 4.69) is 4.98 Å². The molecule has 184 valence electrons. The van der Waals surface area contributed by atoms with Crippen LogP contribution < -0.4 is 9.64 Å². The monoisotopic (exact) mass is 486 g/mol. The van der Waals surface area contributed by atoms with Gasteiger partial charge in [0.15, 0.2) is 0 Å². The average Bonchev–Trinajstić information content (AvgIpc) is 3.14. The van der Waals surface area contributed by atoms with Gasteiger partial charge in [0.25, 0.3) is 11.7 Å². The van der Waals surface area contributed by atoms with Gasteiger partial charge in [0.05, 0.1) is 31.2 Å². The molecule has 8 heteroatoms. The van der Waals surface area contributed by atoms with Crippen molar-refractivity contribution in [2.24, 2.45) is 0 Å². The Balaban J connectivity index is 1.77. The lowest BCUT2D eigenvalue weighted by Crippen LogP contribution is -2.29. The van der Waals surface area contributed by atoms with Crippen molar-refractivity contribution in [1.82, 2.24) is 4.98 Å². The van der Waals surface area contributed by atoms with Crippen LogP contribution in [0, 0.1) is 0 Å². The van der Waals surface area contributed by atoms with E-state index < -0.39 is 17.7 Å². The van der Waals surface area contributed by atoms with Crippen LogP contribution in [-0.4, -0.2) is 41.0 Å². The fourth-order valence-electron chi connectivity index (χ4n) is 4.12. The van der Waals surface area contributed by atoms with E-state index >= 15 is 0 Å². The molecule has 1 aliphatic rings. The van der Waals surface area contributed by atoms with Crippen molar-refractivity contribution in [3.8, 4) is 5.75 Å². The molecule has 0 saturated carbocycles. The zero-order valence-corrected chi connectivity index (χ0v) is 20.2. The number of aromatic nitrogens is 1. The van der Waals surface area contributed by atoms with Crippen molar-refractivity contribution in [1.29, 1.82) is 0 Å². The molecule has 0 spiro atoms. The second-order valence-electron chi connectivity index (χ2n) is 8.57. The molecule has 0 aliphatic carbocycles. The first-order valence-electron chi connectivity index (χ1n) is 11.4. The van der Waals surface area contributed by atoms with Crippen LogP contribution in [0.5, 0.6) is 5.75 Å². The molecule has 1 fully saturated rings. The third-order valence-electron chi connectivity index (χ3n) is 5.72. The quantitative estimate of drug-likeness (QED) is 0.231. The Bertz CT molecular complexity index is 1320. The third-order valence-corrected chi connectivity index (χ3v) is 5.72. The molecule has 1 saturated heterocycles. The number of carbonyl (C=O) groups excluding carboxylic acids is 3. The van der Waals surface area contributed by atoms with Crippen molar-refractivity contribution in [2.75, 3.05) is 12.0 Å². The van der Waals surface area contributed by atoms with E-state index in [1.54, 1.807) is 86.9 Å². The van der Waals surface area contributed by atoms with Crippen molar-refractivity contribution in [3.63, 3.8) is 0 Å². The maximum absolute atomic E-state index is 13.3. The van der Waals surface area contributed by atoms with Crippen LogP contribution in [0.25, 0.3) is 5.76 Å². The summed E-state index contributed by atoms with van der Waals surface area (Å²) in [4.78, 5) is 44.0. The number of anilines is 1. The number of ketones is 1. The van der Waals surface area contributed by atoms with Crippen LogP contribution >= 0.6 is 0 Å². The van der Waals surface area contributed by atoms with E-state index in [0.717, 1.165) is 0 Å². The van der Waals surface area contributed by atoms with Crippen molar-refractivity contribution >= 4 is 29.1 Å². The van der Waals surface area contributed by atoms with Gasteiger partial charge in [0.1, 0.15) is 11.5 Å². The molecule has 1 aromatic heterocycles. The van der Waals surface area contributed by atoms with E-state index in [4.69, 9.17) is 9.47 Å². The lowest BCUT2D eigenvalue weighted by atomic mass is 9.96. The number of aliphatic hydroxyl groups is 1. The van der Waals surface area contributed by atoms with Crippen LogP contribution in [0.15, 0.2) is 78.6 Å². The number of pyridine rings is 1. The number of ether oxygens (including phenoxy) is 2. The smallest absolute Gasteiger partial charge is 0.310 e. The number of hydrogen-bond donors (Lipinski definition) is 1. The molecule has 1 unspecified atom stereocenters. The molecule has 0 bridgehead atoms. The fourth-order valence-corrected chi connectivity index (χ4v) is 4.12. The van der Waals surface area contributed by atoms with Crippen molar-refractivity contribution < 1.29 is 29.0 Å². The zero-order valence-electron chi connectivity index (χ0n) is 20.2. The predicted octanol–water partition coefficient (Wildman–Crippen LogP) is 4.21. The summed E-state index contributed by atoms with van der Waals surface area (Å²) in [7, 11) is 1.50. The molecule has 8 nitrogen and oxygen atoms in total. The number of amides is 1. The number of hydrogen-bond acceptors (Lipinski definition) is 7. The maximum Gasteiger partial charge on any atom is 0.310 e. The molecule has 1 N–H and O–H groups in total. The van der Waals surface area contributed by atoms with E-state index in [0.29, 0.717) is 28.1 Å². The van der Waals surface area contributed by atoms with Gasteiger partial charge >= 0.3 is 5.97 Å². The Labute approximate surface area is 208 Å². The minimum Gasteiger partial charge on any atom is -0.507 e. The minimum absolute atomic E-state index is 0.0501. The molecular formula is C28H26N2O6. The molecule has 2 heterocycles. The summed E-state index contributed by atoms with van der Waals surface area (Å²) in [6, 6.07) is 15.9. The third kappa shape index (κ3) is 4.98. The number of benzene rings is 2. The van der Waals surface area contributed by atoms with E-state index in [1.807, 2.05) is 0 Å².